The van der Waals surface area contributed by atoms with Crippen LogP contribution in [-0.2, 0) is 18.0 Å². The minimum atomic E-state index is -0.293. The van der Waals surface area contributed by atoms with E-state index >= 15 is 0 Å². The number of Topliss-reactive ketones (excluding diaryl/α,β-unsaturated/α-hetero) is 1. The fraction of sp³-hybridized carbons (Fsp3) is 0.160. The molecule has 0 fully saturated rings. The first-order valence-corrected chi connectivity index (χ1v) is 10.8. The van der Waals surface area contributed by atoms with Gasteiger partial charge in [-0.05, 0) is 55.0 Å². The summed E-state index contributed by atoms with van der Waals surface area (Å²) in [6.45, 7) is 2.72. The zero-order chi connectivity index (χ0) is 22.2. The molecule has 0 aromatic heterocycles. The van der Waals surface area contributed by atoms with Gasteiger partial charge < -0.3 is 18.9 Å². The highest BCUT2D eigenvalue weighted by atomic mass is 79.9. The number of ether oxygens (including phenoxy) is 4. The fourth-order valence-corrected chi connectivity index (χ4v) is 4.25. The van der Waals surface area contributed by atoms with Crippen LogP contribution in [0.25, 0.3) is 6.08 Å². The molecule has 0 amide bonds. The predicted octanol–water partition coefficient (Wildman–Crippen LogP) is 5.96. The first kappa shape index (κ1) is 20.7. The number of carbonyl (C=O) groups excluding carboxylic acids is 1. The maximum absolute atomic E-state index is 13.1. The Balaban J connectivity index is 1.42. The van der Waals surface area contributed by atoms with Crippen LogP contribution in [0.2, 0.25) is 0 Å². The Morgan fingerprint density at radius 2 is 1.94 bits per heavy atom. The molecule has 0 saturated heterocycles. The molecule has 5 rings (SSSR count). The topological polar surface area (TPSA) is 54.0 Å². The lowest BCUT2D eigenvalue weighted by atomic mass is 10.0. The van der Waals surface area contributed by atoms with Crippen LogP contribution >= 0.6 is 15.9 Å². The van der Waals surface area contributed by atoms with Crippen molar-refractivity contribution in [3.63, 3.8) is 0 Å². The molecule has 0 atom stereocenters. The van der Waals surface area contributed by atoms with Crippen molar-refractivity contribution in [3.05, 3.63) is 92.4 Å². The monoisotopic (exact) mass is 496 g/mol. The normalized spacial score (nSPS) is 15.7. The quantitative estimate of drug-likeness (QED) is 0.417. The molecule has 0 bridgehead atoms. The summed E-state index contributed by atoms with van der Waals surface area (Å²) >= 11 is 3.49. The fourth-order valence-electron chi connectivity index (χ4n) is 3.72. The summed E-state index contributed by atoms with van der Waals surface area (Å²) in [6, 6.07) is 13.4. The van der Waals surface area contributed by atoms with E-state index in [4.69, 9.17) is 18.9 Å². The van der Waals surface area contributed by atoms with E-state index in [2.05, 4.69) is 15.9 Å². The van der Waals surface area contributed by atoms with Crippen LogP contribution in [0.3, 0.4) is 0 Å². The highest BCUT2D eigenvalue weighted by Crippen LogP contribution is 2.41. The zero-order valence-electron chi connectivity index (χ0n) is 17.1. The summed E-state index contributed by atoms with van der Waals surface area (Å²) in [5.74, 6) is 1.48. The largest absolute Gasteiger partial charge is 0.488 e. The van der Waals surface area contributed by atoms with E-state index in [1.807, 2.05) is 19.1 Å². The van der Waals surface area contributed by atoms with Crippen LogP contribution < -0.4 is 14.2 Å². The lowest BCUT2D eigenvalue weighted by molar-refractivity contribution is -0.0165. The van der Waals surface area contributed by atoms with Crippen molar-refractivity contribution in [1.82, 2.24) is 0 Å². The van der Waals surface area contributed by atoms with Gasteiger partial charge in [-0.25, -0.2) is 4.39 Å². The highest BCUT2D eigenvalue weighted by Gasteiger charge is 2.31. The molecule has 0 N–H and O–H groups in total. The van der Waals surface area contributed by atoms with Gasteiger partial charge in [0.15, 0.2) is 12.6 Å². The van der Waals surface area contributed by atoms with E-state index < -0.39 is 0 Å². The second kappa shape index (κ2) is 8.41. The number of allylic oxidation sites excluding steroid dienone is 1. The van der Waals surface area contributed by atoms with Crippen molar-refractivity contribution >= 4 is 27.8 Å². The number of benzene rings is 3. The number of fused-ring (bicyclic) bond motifs is 2. The Labute approximate surface area is 192 Å². The van der Waals surface area contributed by atoms with Gasteiger partial charge in [0.05, 0.1) is 12.2 Å². The molecular weight excluding hydrogens is 479 g/mol. The molecule has 0 unspecified atom stereocenters. The minimum absolute atomic E-state index is 0.160. The first-order valence-electron chi connectivity index (χ1n) is 9.97. The van der Waals surface area contributed by atoms with Crippen LogP contribution in [0.15, 0.2) is 58.8 Å². The van der Waals surface area contributed by atoms with Gasteiger partial charge >= 0.3 is 0 Å². The lowest BCUT2D eigenvalue weighted by Gasteiger charge is -2.20. The molecule has 0 spiro atoms. The van der Waals surface area contributed by atoms with Crippen LogP contribution in [0.1, 0.15) is 32.6 Å². The minimum Gasteiger partial charge on any atom is -0.488 e. The van der Waals surface area contributed by atoms with Crippen LogP contribution in [0.4, 0.5) is 4.39 Å². The summed E-state index contributed by atoms with van der Waals surface area (Å²) in [6.07, 6.45) is 1.69. The smallest absolute Gasteiger partial charge is 0.231 e. The van der Waals surface area contributed by atoms with E-state index in [9.17, 15) is 9.18 Å². The number of rotatable bonds is 4. The van der Waals surface area contributed by atoms with Gasteiger partial charge in [0.1, 0.15) is 29.7 Å². The Hall–Kier alpha value is -3.16. The van der Waals surface area contributed by atoms with Gasteiger partial charge in [0, 0.05) is 21.2 Å². The third-order valence-corrected chi connectivity index (χ3v) is 5.79. The van der Waals surface area contributed by atoms with Gasteiger partial charge in [0.2, 0.25) is 5.78 Å². The van der Waals surface area contributed by atoms with Crippen molar-refractivity contribution in [2.75, 3.05) is 6.79 Å². The zero-order valence-corrected chi connectivity index (χ0v) is 18.7. The summed E-state index contributed by atoms with van der Waals surface area (Å²) in [5, 5.41) is 0. The number of carbonyl (C=O) groups is 1. The SMILES string of the molecule is Cc1c(OCc2ccc(F)cc2)ccc2c1O/C(=C\c1cc(Br)cc3c1OCOC3)C2=O. The second-order valence-electron chi connectivity index (χ2n) is 7.51. The standard InChI is InChI=1S/C25H18BrFO5/c1-14-21(30-11-15-2-4-19(27)5-3-15)7-6-20-23(28)22(32-24(14)20)10-16-8-18(26)9-17-12-29-13-31-25(16)17/h2-10H,11-13H2,1H3/b22-10-. The van der Waals surface area contributed by atoms with Crippen LogP contribution in [0, 0.1) is 12.7 Å². The number of hydrogen-bond acceptors (Lipinski definition) is 5. The third kappa shape index (κ3) is 3.89. The van der Waals surface area contributed by atoms with Crippen molar-refractivity contribution in [2.24, 2.45) is 0 Å². The van der Waals surface area contributed by atoms with E-state index in [0.29, 0.717) is 29.4 Å². The molecule has 32 heavy (non-hydrogen) atoms. The third-order valence-electron chi connectivity index (χ3n) is 5.33. The van der Waals surface area contributed by atoms with Crippen molar-refractivity contribution in [3.8, 4) is 17.2 Å². The number of ketones is 1. The average Bonchev–Trinajstić information content (AvgIpc) is 3.10. The van der Waals surface area contributed by atoms with Gasteiger partial charge in [-0.2, -0.15) is 0 Å². The molecule has 162 valence electrons. The van der Waals surface area contributed by atoms with Crippen LogP contribution in [0.5, 0.6) is 17.2 Å². The predicted molar refractivity (Wildman–Crippen MR) is 119 cm³/mol. The Morgan fingerprint density at radius 1 is 1.12 bits per heavy atom. The van der Waals surface area contributed by atoms with Crippen LogP contribution in [-0.4, -0.2) is 12.6 Å². The molecular formula is C25H18BrFO5. The molecule has 2 heterocycles. The van der Waals surface area contributed by atoms with E-state index in [-0.39, 0.29) is 30.8 Å². The first-order chi connectivity index (χ1) is 15.5. The summed E-state index contributed by atoms with van der Waals surface area (Å²) in [5.41, 5.74) is 3.68. The van der Waals surface area contributed by atoms with Gasteiger partial charge in [-0.15, -0.1) is 0 Å². The Morgan fingerprint density at radius 3 is 2.75 bits per heavy atom. The molecule has 3 aromatic rings. The maximum atomic E-state index is 13.1. The molecule has 2 aliphatic heterocycles. The lowest BCUT2D eigenvalue weighted by Crippen LogP contribution is -2.12. The molecule has 3 aromatic carbocycles. The number of halogens is 2. The molecule has 0 radical (unpaired) electrons. The van der Waals surface area contributed by atoms with Crippen molar-refractivity contribution in [1.29, 1.82) is 0 Å². The molecule has 0 saturated carbocycles. The van der Waals surface area contributed by atoms with Gasteiger partial charge in [-0.1, -0.05) is 28.1 Å². The van der Waals surface area contributed by atoms with Crippen molar-refractivity contribution < 1.29 is 28.1 Å². The average molecular weight is 497 g/mol. The summed E-state index contributed by atoms with van der Waals surface area (Å²) in [7, 11) is 0. The Kier molecular flexibility index (Phi) is 5.45. The highest BCUT2D eigenvalue weighted by molar-refractivity contribution is 9.10. The van der Waals surface area contributed by atoms with E-state index in [1.54, 1.807) is 30.3 Å². The second-order valence-corrected chi connectivity index (χ2v) is 8.43. The molecule has 5 nitrogen and oxygen atoms in total. The van der Waals surface area contributed by atoms with Gasteiger partial charge in [-0.3, -0.25) is 4.79 Å². The van der Waals surface area contributed by atoms with Crippen molar-refractivity contribution in [2.45, 2.75) is 20.1 Å². The molecule has 0 aliphatic carbocycles. The summed E-state index contributed by atoms with van der Waals surface area (Å²) < 4.78 is 36.8. The summed E-state index contributed by atoms with van der Waals surface area (Å²) in [4.78, 5) is 13.0. The molecule has 2 aliphatic rings. The maximum Gasteiger partial charge on any atom is 0.231 e. The molecule has 7 heteroatoms. The van der Waals surface area contributed by atoms with Gasteiger partial charge in [0.25, 0.3) is 0 Å². The number of hydrogen-bond donors (Lipinski definition) is 0. The van der Waals surface area contributed by atoms with E-state index in [0.717, 1.165) is 26.7 Å². The Bertz CT molecular complexity index is 1250. The van der Waals surface area contributed by atoms with E-state index in [1.165, 1.54) is 12.1 Å².